The van der Waals surface area contributed by atoms with Gasteiger partial charge in [0.1, 0.15) is 17.9 Å². The average molecular weight is 307 g/mol. The molecule has 0 fully saturated rings. The molecule has 0 atom stereocenters. The van der Waals surface area contributed by atoms with Crippen LogP contribution in [-0.4, -0.2) is 31.2 Å². The summed E-state index contributed by atoms with van der Waals surface area (Å²) in [5.41, 5.74) is 0. The number of hydrogen-bond donors (Lipinski definition) is 1. The van der Waals surface area contributed by atoms with Crippen molar-refractivity contribution in [3.8, 4) is 11.6 Å². The van der Waals surface area contributed by atoms with E-state index in [1.54, 1.807) is 18.2 Å². The van der Waals surface area contributed by atoms with Gasteiger partial charge in [-0.3, -0.25) is 0 Å². The molecule has 112 valence electrons. The zero-order valence-corrected chi connectivity index (χ0v) is 12.7. The summed E-state index contributed by atoms with van der Waals surface area (Å²) >= 11 is 0. The van der Waals surface area contributed by atoms with Gasteiger partial charge in [-0.25, -0.2) is 18.4 Å². The van der Waals surface area contributed by atoms with Crippen molar-refractivity contribution in [1.29, 1.82) is 0 Å². The second kappa shape index (κ2) is 6.53. The number of benzene rings is 1. The molecule has 0 aliphatic heterocycles. The van der Waals surface area contributed by atoms with Crippen LogP contribution in [-0.2, 0) is 9.84 Å². The van der Waals surface area contributed by atoms with E-state index in [2.05, 4.69) is 22.2 Å². The van der Waals surface area contributed by atoms with Gasteiger partial charge in [-0.1, -0.05) is 13.0 Å². The van der Waals surface area contributed by atoms with Crippen LogP contribution in [0, 0.1) is 0 Å². The highest BCUT2D eigenvalue weighted by atomic mass is 32.2. The van der Waals surface area contributed by atoms with Gasteiger partial charge in [0.2, 0.25) is 5.88 Å². The molecule has 6 nitrogen and oxygen atoms in total. The third-order valence-corrected chi connectivity index (χ3v) is 3.76. The summed E-state index contributed by atoms with van der Waals surface area (Å²) in [5.74, 6) is 1.44. The Hall–Kier alpha value is -2.15. The monoisotopic (exact) mass is 307 g/mol. The molecule has 0 aliphatic rings. The summed E-state index contributed by atoms with van der Waals surface area (Å²) in [4.78, 5) is 8.30. The van der Waals surface area contributed by atoms with E-state index in [1.165, 1.54) is 18.5 Å². The molecule has 0 radical (unpaired) electrons. The zero-order valence-electron chi connectivity index (χ0n) is 11.9. The normalized spacial score (nSPS) is 11.1. The van der Waals surface area contributed by atoms with Gasteiger partial charge in [0.15, 0.2) is 9.84 Å². The fourth-order valence-electron chi connectivity index (χ4n) is 1.63. The molecule has 0 spiro atoms. The number of aromatic nitrogens is 2. The standard InChI is InChI=1S/C14H17N3O3S/c1-3-7-15-13-9-14(17-10-16-13)20-11-5-4-6-12(8-11)21(2,18)19/h4-6,8-10H,3,7H2,1-2H3,(H,15,16,17). The molecule has 1 aromatic heterocycles. The maximum atomic E-state index is 11.5. The lowest BCUT2D eigenvalue weighted by Crippen LogP contribution is -2.02. The van der Waals surface area contributed by atoms with Crippen molar-refractivity contribution < 1.29 is 13.2 Å². The van der Waals surface area contributed by atoms with E-state index in [9.17, 15) is 8.42 Å². The Kier molecular flexibility index (Phi) is 4.74. The smallest absolute Gasteiger partial charge is 0.224 e. The van der Waals surface area contributed by atoms with Crippen LogP contribution in [0.3, 0.4) is 0 Å². The van der Waals surface area contributed by atoms with Crippen molar-refractivity contribution in [1.82, 2.24) is 9.97 Å². The van der Waals surface area contributed by atoms with Gasteiger partial charge >= 0.3 is 0 Å². The summed E-state index contributed by atoms with van der Waals surface area (Å²) in [5, 5.41) is 3.13. The SMILES string of the molecule is CCCNc1cc(Oc2cccc(S(C)(=O)=O)c2)ncn1. The number of ether oxygens (including phenoxy) is 1. The van der Waals surface area contributed by atoms with Crippen molar-refractivity contribution in [3.63, 3.8) is 0 Å². The predicted molar refractivity (Wildman–Crippen MR) is 80.4 cm³/mol. The fraction of sp³-hybridized carbons (Fsp3) is 0.286. The van der Waals surface area contributed by atoms with Gasteiger partial charge in [-0.15, -0.1) is 0 Å². The third-order valence-electron chi connectivity index (χ3n) is 2.65. The van der Waals surface area contributed by atoms with Crippen LogP contribution in [0.1, 0.15) is 13.3 Å². The molecule has 1 aromatic carbocycles. The maximum Gasteiger partial charge on any atom is 0.224 e. The first-order valence-electron chi connectivity index (χ1n) is 6.53. The minimum Gasteiger partial charge on any atom is -0.439 e. The highest BCUT2D eigenvalue weighted by Gasteiger charge is 2.09. The molecular formula is C14H17N3O3S. The first-order valence-corrected chi connectivity index (χ1v) is 8.42. The van der Waals surface area contributed by atoms with Crippen LogP contribution in [0.4, 0.5) is 5.82 Å². The molecule has 1 N–H and O–H groups in total. The van der Waals surface area contributed by atoms with E-state index in [0.717, 1.165) is 19.2 Å². The lowest BCUT2D eigenvalue weighted by atomic mass is 10.3. The van der Waals surface area contributed by atoms with Crippen molar-refractivity contribution in [3.05, 3.63) is 36.7 Å². The Bertz CT molecular complexity index is 717. The van der Waals surface area contributed by atoms with Gasteiger partial charge in [0.05, 0.1) is 4.90 Å². The molecule has 2 aromatic rings. The molecular weight excluding hydrogens is 290 g/mol. The Morgan fingerprint density at radius 3 is 2.76 bits per heavy atom. The van der Waals surface area contributed by atoms with Crippen LogP contribution >= 0.6 is 0 Å². The van der Waals surface area contributed by atoms with Crippen LogP contribution in [0.2, 0.25) is 0 Å². The highest BCUT2D eigenvalue weighted by Crippen LogP contribution is 2.23. The summed E-state index contributed by atoms with van der Waals surface area (Å²) in [6.07, 6.45) is 3.54. The van der Waals surface area contributed by atoms with Gasteiger partial charge < -0.3 is 10.1 Å². The fourth-order valence-corrected chi connectivity index (χ4v) is 2.29. The van der Waals surface area contributed by atoms with E-state index in [0.29, 0.717) is 17.4 Å². The number of rotatable bonds is 6. The highest BCUT2D eigenvalue weighted by molar-refractivity contribution is 7.90. The molecule has 0 bridgehead atoms. The number of sulfone groups is 1. The number of hydrogen-bond acceptors (Lipinski definition) is 6. The molecule has 0 amide bonds. The van der Waals surface area contributed by atoms with E-state index in [1.807, 2.05) is 0 Å². The van der Waals surface area contributed by atoms with Crippen molar-refractivity contribution in [2.24, 2.45) is 0 Å². The third kappa shape index (κ3) is 4.42. The van der Waals surface area contributed by atoms with Crippen molar-refractivity contribution >= 4 is 15.7 Å². The summed E-state index contributed by atoms with van der Waals surface area (Å²) < 4.78 is 28.6. The van der Waals surface area contributed by atoms with E-state index >= 15 is 0 Å². The summed E-state index contributed by atoms with van der Waals surface area (Å²) in [6.45, 7) is 2.86. The Morgan fingerprint density at radius 2 is 2.05 bits per heavy atom. The molecule has 7 heteroatoms. The van der Waals surface area contributed by atoms with E-state index in [-0.39, 0.29) is 4.90 Å². The topological polar surface area (TPSA) is 81.2 Å². The first-order chi connectivity index (χ1) is 9.99. The van der Waals surface area contributed by atoms with Crippen LogP contribution in [0.25, 0.3) is 0 Å². The lowest BCUT2D eigenvalue weighted by molar-refractivity contribution is 0.460. The minimum absolute atomic E-state index is 0.207. The molecule has 2 rings (SSSR count). The van der Waals surface area contributed by atoms with Gasteiger partial charge in [-0.2, -0.15) is 0 Å². The Balaban J connectivity index is 2.18. The van der Waals surface area contributed by atoms with Gasteiger partial charge in [0.25, 0.3) is 0 Å². The second-order valence-corrected chi connectivity index (χ2v) is 6.53. The summed E-state index contributed by atoms with van der Waals surface area (Å²) in [7, 11) is -3.26. The maximum absolute atomic E-state index is 11.5. The Labute approximate surface area is 124 Å². The van der Waals surface area contributed by atoms with Crippen LogP contribution in [0.5, 0.6) is 11.6 Å². The van der Waals surface area contributed by atoms with Crippen LogP contribution < -0.4 is 10.1 Å². The molecule has 21 heavy (non-hydrogen) atoms. The largest absolute Gasteiger partial charge is 0.439 e. The number of nitrogens with one attached hydrogen (secondary N) is 1. The first kappa shape index (κ1) is 15.2. The second-order valence-electron chi connectivity index (χ2n) is 4.52. The van der Waals surface area contributed by atoms with Crippen molar-refractivity contribution in [2.45, 2.75) is 18.2 Å². The van der Waals surface area contributed by atoms with Crippen molar-refractivity contribution in [2.75, 3.05) is 18.1 Å². The summed E-state index contributed by atoms with van der Waals surface area (Å²) in [6, 6.07) is 7.97. The predicted octanol–water partition coefficient (Wildman–Crippen LogP) is 2.49. The molecule has 0 saturated carbocycles. The van der Waals surface area contributed by atoms with E-state index in [4.69, 9.17) is 4.74 Å². The van der Waals surface area contributed by atoms with Gasteiger partial charge in [-0.05, 0) is 24.6 Å². The molecule has 0 saturated heterocycles. The minimum atomic E-state index is -3.26. The molecule has 0 unspecified atom stereocenters. The average Bonchev–Trinajstić information content (AvgIpc) is 2.45. The molecule has 0 aliphatic carbocycles. The number of nitrogens with zero attached hydrogens (tertiary/aromatic N) is 2. The quantitative estimate of drug-likeness (QED) is 0.883. The zero-order chi connectivity index (χ0) is 15.3. The van der Waals surface area contributed by atoms with Crippen LogP contribution in [0.15, 0.2) is 41.6 Å². The lowest BCUT2D eigenvalue weighted by Gasteiger charge is -2.08. The Morgan fingerprint density at radius 1 is 1.24 bits per heavy atom. The number of anilines is 1. The molecule has 1 heterocycles. The van der Waals surface area contributed by atoms with Gasteiger partial charge in [0, 0.05) is 18.9 Å². The van der Waals surface area contributed by atoms with E-state index < -0.39 is 9.84 Å².